The minimum absolute atomic E-state index is 0.197. The van der Waals surface area contributed by atoms with Crippen LogP contribution in [0.4, 0.5) is 0 Å². The van der Waals surface area contributed by atoms with Crippen LogP contribution in [0.5, 0.6) is 0 Å². The molecule has 1 atom stereocenters. The van der Waals surface area contributed by atoms with Gasteiger partial charge < -0.3 is 0 Å². The van der Waals surface area contributed by atoms with Crippen LogP contribution in [0.3, 0.4) is 0 Å². The number of aromatic nitrogens is 2. The van der Waals surface area contributed by atoms with Crippen LogP contribution in [0.1, 0.15) is 51.9 Å². The van der Waals surface area contributed by atoms with Gasteiger partial charge in [-0.1, -0.05) is 20.8 Å². The third kappa shape index (κ3) is 4.34. The van der Waals surface area contributed by atoms with Gasteiger partial charge in [0.15, 0.2) is 0 Å². The van der Waals surface area contributed by atoms with Gasteiger partial charge in [-0.25, -0.2) is 0 Å². The van der Waals surface area contributed by atoms with Crippen LogP contribution >= 0.6 is 11.6 Å². The van der Waals surface area contributed by atoms with Crippen molar-refractivity contribution in [3.05, 3.63) is 17.5 Å². The summed E-state index contributed by atoms with van der Waals surface area (Å²) in [6.45, 7) is 11.7. The largest absolute Gasteiger partial charge is 0.270 e. The molecule has 17 heavy (non-hydrogen) atoms. The van der Waals surface area contributed by atoms with E-state index < -0.39 is 0 Å². The Balaban J connectivity index is 2.46. The van der Waals surface area contributed by atoms with Gasteiger partial charge in [-0.15, -0.1) is 11.6 Å². The molecule has 1 aromatic heterocycles. The van der Waals surface area contributed by atoms with E-state index in [1.54, 1.807) is 0 Å². The lowest BCUT2D eigenvalue weighted by molar-refractivity contribution is 0.368. The van der Waals surface area contributed by atoms with Gasteiger partial charge in [0.1, 0.15) is 0 Å². The van der Waals surface area contributed by atoms with Gasteiger partial charge in [-0.2, -0.15) is 5.10 Å². The van der Waals surface area contributed by atoms with Gasteiger partial charge in [0, 0.05) is 17.6 Å². The molecule has 0 amide bonds. The molecular weight excluding hydrogens is 232 g/mol. The van der Waals surface area contributed by atoms with Gasteiger partial charge in [0.2, 0.25) is 0 Å². The van der Waals surface area contributed by atoms with Gasteiger partial charge in [-0.05, 0) is 44.6 Å². The van der Waals surface area contributed by atoms with E-state index in [9.17, 15) is 0 Å². The van der Waals surface area contributed by atoms with E-state index in [0.717, 1.165) is 31.5 Å². The summed E-state index contributed by atoms with van der Waals surface area (Å²) in [5, 5.41) is 4.71. The second kappa shape index (κ2) is 5.90. The third-order valence-corrected chi connectivity index (χ3v) is 3.99. The summed E-state index contributed by atoms with van der Waals surface area (Å²) in [6, 6.07) is 2.18. The zero-order valence-corrected chi connectivity index (χ0v) is 12.5. The first-order chi connectivity index (χ1) is 7.84. The van der Waals surface area contributed by atoms with Gasteiger partial charge in [-0.3, -0.25) is 4.68 Å². The predicted molar refractivity (Wildman–Crippen MR) is 74.7 cm³/mol. The molecule has 1 heterocycles. The Labute approximate surface area is 110 Å². The molecule has 0 saturated heterocycles. The van der Waals surface area contributed by atoms with Crippen LogP contribution in [0, 0.1) is 12.3 Å². The van der Waals surface area contributed by atoms with E-state index in [1.165, 1.54) is 5.69 Å². The number of aryl methyl sites for hydroxylation is 3. The minimum Gasteiger partial charge on any atom is -0.270 e. The summed E-state index contributed by atoms with van der Waals surface area (Å²) in [5.41, 5.74) is 2.64. The molecule has 1 rings (SSSR count). The third-order valence-electron chi connectivity index (χ3n) is 3.12. The van der Waals surface area contributed by atoms with Crippen LogP contribution in [-0.2, 0) is 13.0 Å². The molecule has 0 N–H and O–H groups in total. The van der Waals surface area contributed by atoms with E-state index in [0.29, 0.717) is 0 Å². The molecule has 0 aromatic carbocycles. The second-order valence-electron chi connectivity index (χ2n) is 5.82. The van der Waals surface area contributed by atoms with Crippen molar-refractivity contribution in [2.24, 2.45) is 5.41 Å². The Morgan fingerprint density at radius 3 is 2.59 bits per heavy atom. The van der Waals surface area contributed by atoms with Crippen LogP contribution in [-0.4, -0.2) is 15.2 Å². The summed E-state index contributed by atoms with van der Waals surface area (Å²) in [6.07, 6.45) is 3.28. The first-order valence-corrected chi connectivity index (χ1v) is 6.95. The van der Waals surface area contributed by atoms with Crippen molar-refractivity contribution in [3.63, 3.8) is 0 Å². The summed E-state index contributed by atoms with van der Waals surface area (Å²) in [4.78, 5) is 0. The molecule has 0 aliphatic rings. The number of halogens is 1. The lowest BCUT2D eigenvalue weighted by Gasteiger charge is -2.24. The van der Waals surface area contributed by atoms with Gasteiger partial charge in [0.25, 0.3) is 0 Å². The number of hydrogen-bond acceptors (Lipinski definition) is 1. The Morgan fingerprint density at radius 1 is 1.41 bits per heavy atom. The fraction of sp³-hybridized carbons (Fsp3) is 0.786. The first kappa shape index (κ1) is 14.6. The lowest BCUT2D eigenvalue weighted by atomic mass is 9.88. The molecule has 1 aromatic rings. The van der Waals surface area contributed by atoms with Crippen molar-refractivity contribution in [2.45, 2.75) is 65.8 Å². The molecule has 0 saturated carbocycles. The van der Waals surface area contributed by atoms with Crippen molar-refractivity contribution in [1.29, 1.82) is 0 Å². The van der Waals surface area contributed by atoms with Crippen LogP contribution in [0.15, 0.2) is 6.07 Å². The fourth-order valence-corrected chi connectivity index (χ4v) is 2.12. The number of nitrogens with zero attached hydrogens (tertiary/aromatic N) is 2. The Hall–Kier alpha value is -0.500. The van der Waals surface area contributed by atoms with Crippen molar-refractivity contribution in [2.75, 3.05) is 0 Å². The molecule has 0 fully saturated rings. The average Bonchev–Trinajstić information content (AvgIpc) is 2.57. The van der Waals surface area contributed by atoms with Crippen LogP contribution in [0.25, 0.3) is 0 Å². The van der Waals surface area contributed by atoms with Crippen molar-refractivity contribution < 1.29 is 0 Å². The molecule has 0 aliphatic heterocycles. The SMILES string of the molecule is CCn1nc(C)cc1CCCC(Cl)C(C)(C)C. The zero-order chi connectivity index (χ0) is 13.1. The topological polar surface area (TPSA) is 17.8 Å². The van der Waals surface area contributed by atoms with Crippen molar-refractivity contribution in [3.8, 4) is 0 Å². The highest BCUT2D eigenvalue weighted by molar-refractivity contribution is 6.21. The number of rotatable bonds is 5. The Bertz CT molecular complexity index is 350. The monoisotopic (exact) mass is 256 g/mol. The first-order valence-electron chi connectivity index (χ1n) is 6.52. The Kier molecular flexibility index (Phi) is 5.05. The van der Waals surface area contributed by atoms with Gasteiger partial charge in [0.05, 0.1) is 5.69 Å². The molecular formula is C14H25ClN2. The smallest absolute Gasteiger partial charge is 0.0596 e. The predicted octanol–water partition coefficient (Wildman–Crippen LogP) is 4.19. The van der Waals surface area contributed by atoms with E-state index in [1.807, 2.05) is 0 Å². The summed E-state index contributed by atoms with van der Waals surface area (Å²) >= 11 is 6.38. The van der Waals surface area contributed by atoms with E-state index in [-0.39, 0.29) is 10.8 Å². The molecule has 3 heteroatoms. The molecule has 0 radical (unpaired) electrons. The van der Waals surface area contributed by atoms with Crippen molar-refractivity contribution in [1.82, 2.24) is 9.78 Å². The molecule has 0 bridgehead atoms. The van der Waals surface area contributed by atoms with E-state index in [2.05, 4.69) is 50.5 Å². The van der Waals surface area contributed by atoms with Crippen LogP contribution < -0.4 is 0 Å². The fourth-order valence-electron chi connectivity index (χ4n) is 1.97. The quantitative estimate of drug-likeness (QED) is 0.723. The maximum absolute atomic E-state index is 6.38. The lowest BCUT2D eigenvalue weighted by Crippen LogP contribution is -2.20. The minimum atomic E-state index is 0.197. The molecule has 98 valence electrons. The van der Waals surface area contributed by atoms with Gasteiger partial charge >= 0.3 is 0 Å². The molecule has 2 nitrogen and oxygen atoms in total. The van der Waals surface area contributed by atoms with E-state index >= 15 is 0 Å². The Morgan fingerprint density at radius 2 is 2.06 bits per heavy atom. The maximum atomic E-state index is 6.38. The zero-order valence-electron chi connectivity index (χ0n) is 11.8. The molecule has 0 spiro atoms. The highest BCUT2D eigenvalue weighted by Gasteiger charge is 2.21. The summed E-state index contributed by atoms with van der Waals surface area (Å²) in [5.74, 6) is 0. The maximum Gasteiger partial charge on any atom is 0.0596 e. The van der Waals surface area contributed by atoms with E-state index in [4.69, 9.17) is 11.6 Å². The number of hydrogen-bond donors (Lipinski definition) is 0. The highest BCUT2D eigenvalue weighted by atomic mass is 35.5. The normalized spacial score (nSPS) is 14.0. The second-order valence-corrected chi connectivity index (χ2v) is 6.35. The number of alkyl halides is 1. The van der Waals surface area contributed by atoms with Crippen molar-refractivity contribution >= 4 is 11.6 Å². The standard InChI is InChI=1S/C14H25ClN2/c1-6-17-12(10-11(2)16-17)8-7-9-13(15)14(3,4)5/h10,13H,6-9H2,1-5H3. The molecule has 0 aliphatic carbocycles. The highest BCUT2D eigenvalue weighted by Crippen LogP contribution is 2.28. The summed E-state index contributed by atoms with van der Waals surface area (Å²) < 4.78 is 2.09. The average molecular weight is 257 g/mol. The van der Waals surface area contributed by atoms with Crippen LogP contribution in [0.2, 0.25) is 0 Å². The molecule has 1 unspecified atom stereocenters. The summed E-state index contributed by atoms with van der Waals surface area (Å²) in [7, 11) is 0.